The van der Waals surface area contributed by atoms with Crippen LogP contribution in [0.3, 0.4) is 0 Å². The number of nitrogens with one attached hydrogen (secondary N) is 3. The van der Waals surface area contributed by atoms with Crippen molar-refractivity contribution in [1.82, 2.24) is 15.2 Å². The number of ether oxygens (including phenoxy) is 1. The number of aromatic nitrogens is 1. The topological polar surface area (TPSA) is 104 Å². The molecule has 1 aliphatic heterocycles. The number of imide groups is 1. The Balaban J connectivity index is 1.32. The molecule has 9 heteroatoms. The van der Waals surface area contributed by atoms with Gasteiger partial charge in [-0.05, 0) is 48.7 Å². The molecule has 3 N–H and O–H groups in total. The number of H-pyrrole nitrogens is 1. The van der Waals surface area contributed by atoms with E-state index in [-0.39, 0.29) is 37.0 Å². The second-order valence-corrected chi connectivity index (χ2v) is 7.53. The highest BCUT2D eigenvalue weighted by Gasteiger charge is 2.37. The molecule has 0 radical (unpaired) electrons. The maximum Gasteiger partial charge on any atom is 0.324 e. The molecule has 2 heterocycles. The summed E-state index contributed by atoms with van der Waals surface area (Å²) >= 11 is 0. The number of rotatable bonds is 8. The summed E-state index contributed by atoms with van der Waals surface area (Å²) in [6, 6.07) is 10.2. The molecular weight excluding hydrogens is 415 g/mol. The van der Waals surface area contributed by atoms with Crippen molar-refractivity contribution in [1.29, 1.82) is 0 Å². The van der Waals surface area contributed by atoms with Gasteiger partial charge in [0.25, 0.3) is 5.91 Å². The molecule has 0 aliphatic carbocycles. The summed E-state index contributed by atoms with van der Waals surface area (Å²) in [5.74, 6) is -0.462. The van der Waals surface area contributed by atoms with Crippen molar-refractivity contribution in [3.8, 4) is 5.75 Å². The van der Waals surface area contributed by atoms with E-state index >= 15 is 0 Å². The van der Waals surface area contributed by atoms with Crippen LogP contribution < -0.4 is 15.4 Å². The molecule has 1 aliphatic rings. The number of carbonyl (C=O) groups excluding carboxylic acids is 3. The van der Waals surface area contributed by atoms with E-state index in [1.165, 1.54) is 19.2 Å². The van der Waals surface area contributed by atoms with Crippen molar-refractivity contribution in [3.63, 3.8) is 0 Å². The molecule has 8 nitrogen and oxygen atoms in total. The predicted octanol–water partition coefficient (Wildman–Crippen LogP) is 3.20. The normalized spacial score (nSPS) is 15.8. The third-order valence-electron chi connectivity index (χ3n) is 5.48. The summed E-state index contributed by atoms with van der Waals surface area (Å²) in [7, 11) is 1.51. The molecule has 0 bridgehead atoms. The van der Waals surface area contributed by atoms with Gasteiger partial charge in [-0.1, -0.05) is 12.1 Å². The molecule has 3 aromatic rings. The zero-order chi connectivity index (χ0) is 22.7. The second kappa shape index (κ2) is 9.09. The van der Waals surface area contributed by atoms with Crippen LogP contribution in [-0.4, -0.2) is 47.4 Å². The number of urea groups is 1. The average molecular weight is 438 g/mol. The van der Waals surface area contributed by atoms with Gasteiger partial charge in [0.2, 0.25) is 5.91 Å². The summed E-state index contributed by atoms with van der Waals surface area (Å²) in [6.45, 7) is 0.165. The lowest BCUT2D eigenvalue weighted by Crippen LogP contribution is -2.33. The van der Waals surface area contributed by atoms with Gasteiger partial charge < -0.3 is 20.4 Å². The highest BCUT2D eigenvalue weighted by atomic mass is 19.1. The predicted molar refractivity (Wildman–Crippen MR) is 117 cm³/mol. The molecule has 1 saturated heterocycles. The number of nitrogens with zero attached hydrogens (tertiary/aromatic N) is 1. The molecule has 0 spiro atoms. The van der Waals surface area contributed by atoms with Crippen LogP contribution in [0.4, 0.5) is 14.9 Å². The Labute approximate surface area is 183 Å². The molecule has 32 heavy (non-hydrogen) atoms. The fourth-order valence-electron chi connectivity index (χ4n) is 3.81. The smallest absolute Gasteiger partial charge is 0.324 e. The summed E-state index contributed by atoms with van der Waals surface area (Å²) in [6.07, 6.45) is 2.39. The first-order valence-electron chi connectivity index (χ1n) is 10.3. The van der Waals surface area contributed by atoms with E-state index in [9.17, 15) is 18.8 Å². The van der Waals surface area contributed by atoms with Gasteiger partial charge >= 0.3 is 6.03 Å². The number of amides is 4. The number of hydrogen-bond donors (Lipinski definition) is 3. The van der Waals surface area contributed by atoms with Crippen molar-refractivity contribution in [2.24, 2.45) is 0 Å². The van der Waals surface area contributed by atoms with E-state index < -0.39 is 12.1 Å². The van der Waals surface area contributed by atoms with Crippen molar-refractivity contribution >= 4 is 34.4 Å². The Bertz CT molecular complexity index is 1180. The highest BCUT2D eigenvalue weighted by molar-refractivity contribution is 6.04. The molecule has 166 valence electrons. The molecule has 4 rings (SSSR count). The molecule has 0 saturated carbocycles. The third kappa shape index (κ3) is 4.41. The van der Waals surface area contributed by atoms with Gasteiger partial charge in [-0.15, -0.1) is 0 Å². The monoisotopic (exact) mass is 438 g/mol. The average Bonchev–Trinajstić information content (AvgIpc) is 3.30. The van der Waals surface area contributed by atoms with Gasteiger partial charge in [0, 0.05) is 30.1 Å². The minimum absolute atomic E-state index is 0.0598. The number of methoxy groups -OCH3 is 1. The maximum absolute atomic E-state index is 13.6. The zero-order valence-corrected chi connectivity index (χ0v) is 17.5. The van der Waals surface area contributed by atoms with E-state index in [0.29, 0.717) is 17.9 Å². The number of halogens is 1. The Morgan fingerprint density at radius 2 is 2.03 bits per heavy atom. The fourth-order valence-corrected chi connectivity index (χ4v) is 3.81. The molecule has 1 fully saturated rings. The first-order chi connectivity index (χ1) is 15.5. The molecular formula is C23H23FN4O4. The van der Waals surface area contributed by atoms with E-state index in [2.05, 4.69) is 15.6 Å². The third-order valence-corrected chi connectivity index (χ3v) is 5.48. The second-order valence-electron chi connectivity index (χ2n) is 7.53. The standard InChI is InChI=1S/C23H23FN4O4/c1-32-20-5-3-2-4-18(20)26-21(29)9-8-19-22(30)28(23(31)27-19)11-10-14-13-25-17-7-6-15(24)12-16(14)17/h2-7,12-13,19,25H,8-11H2,1H3,(H,26,29)(H,27,31). The van der Waals surface area contributed by atoms with Crippen LogP contribution in [0.5, 0.6) is 5.75 Å². The van der Waals surface area contributed by atoms with Gasteiger partial charge in [0.1, 0.15) is 17.6 Å². The van der Waals surface area contributed by atoms with Gasteiger partial charge in [-0.3, -0.25) is 14.5 Å². The van der Waals surface area contributed by atoms with Crippen LogP contribution in [0, 0.1) is 5.82 Å². The maximum atomic E-state index is 13.6. The number of fused-ring (bicyclic) bond motifs is 1. The number of benzene rings is 2. The molecule has 1 aromatic heterocycles. The summed E-state index contributed by atoms with van der Waals surface area (Å²) in [5, 5.41) is 6.11. The molecule has 2 aromatic carbocycles. The molecule has 4 amide bonds. The number of hydrogen-bond acceptors (Lipinski definition) is 4. The van der Waals surface area contributed by atoms with Crippen molar-refractivity contribution < 1.29 is 23.5 Å². The quantitative estimate of drug-likeness (QED) is 0.470. The lowest BCUT2D eigenvalue weighted by Gasteiger charge is -2.13. The summed E-state index contributed by atoms with van der Waals surface area (Å²) < 4.78 is 18.8. The van der Waals surface area contributed by atoms with Crippen LogP contribution in [-0.2, 0) is 16.0 Å². The lowest BCUT2D eigenvalue weighted by molar-refractivity contribution is -0.127. The Kier molecular flexibility index (Phi) is 6.07. The van der Waals surface area contributed by atoms with Gasteiger partial charge in [0.15, 0.2) is 0 Å². The Morgan fingerprint density at radius 1 is 1.22 bits per heavy atom. The first-order valence-corrected chi connectivity index (χ1v) is 10.3. The van der Waals surface area contributed by atoms with E-state index in [1.54, 1.807) is 36.5 Å². The van der Waals surface area contributed by atoms with Crippen molar-refractivity contribution in [3.05, 3.63) is 60.0 Å². The number of aromatic amines is 1. The Hall–Kier alpha value is -3.88. The number of para-hydroxylation sites is 2. The van der Waals surface area contributed by atoms with E-state index in [1.807, 2.05) is 0 Å². The zero-order valence-electron chi connectivity index (χ0n) is 17.5. The lowest BCUT2D eigenvalue weighted by atomic mass is 10.1. The number of carbonyl (C=O) groups is 3. The minimum Gasteiger partial charge on any atom is -0.495 e. The molecule has 1 atom stereocenters. The van der Waals surface area contributed by atoms with Gasteiger partial charge in [-0.2, -0.15) is 0 Å². The van der Waals surface area contributed by atoms with E-state index in [0.717, 1.165) is 21.4 Å². The Morgan fingerprint density at radius 3 is 2.84 bits per heavy atom. The van der Waals surface area contributed by atoms with Crippen LogP contribution in [0.15, 0.2) is 48.7 Å². The van der Waals surface area contributed by atoms with Gasteiger partial charge in [0.05, 0.1) is 12.8 Å². The van der Waals surface area contributed by atoms with Crippen LogP contribution >= 0.6 is 0 Å². The fraction of sp³-hybridized carbons (Fsp3) is 0.261. The van der Waals surface area contributed by atoms with E-state index in [4.69, 9.17) is 4.74 Å². The van der Waals surface area contributed by atoms with Crippen molar-refractivity contribution in [2.75, 3.05) is 19.0 Å². The number of anilines is 1. The van der Waals surface area contributed by atoms with Crippen LogP contribution in [0.1, 0.15) is 18.4 Å². The molecule has 1 unspecified atom stereocenters. The minimum atomic E-state index is -0.758. The summed E-state index contributed by atoms with van der Waals surface area (Å²) in [5.41, 5.74) is 2.15. The largest absolute Gasteiger partial charge is 0.495 e. The van der Waals surface area contributed by atoms with Crippen LogP contribution in [0.2, 0.25) is 0 Å². The van der Waals surface area contributed by atoms with Gasteiger partial charge in [-0.25, -0.2) is 9.18 Å². The summed E-state index contributed by atoms with van der Waals surface area (Å²) in [4.78, 5) is 41.5. The van der Waals surface area contributed by atoms with Crippen LogP contribution in [0.25, 0.3) is 10.9 Å². The highest BCUT2D eigenvalue weighted by Crippen LogP contribution is 2.24. The first kappa shape index (κ1) is 21.4. The van der Waals surface area contributed by atoms with Crippen molar-refractivity contribution in [2.45, 2.75) is 25.3 Å². The SMILES string of the molecule is COc1ccccc1NC(=O)CCC1NC(=O)N(CCc2c[nH]c3ccc(F)cc23)C1=O.